The third kappa shape index (κ3) is 4.47. The minimum atomic E-state index is -4.29. The van der Waals surface area contributed by atoms with Crippen LogP contribution in [-0.4, -0.2) is 39.8 Å². The minimum absolute atomic E-state index is 0.234. The van der Waals surface area contributed by atoms with Crippen LogP contribution >= 0.6 is 0 Å². The van der Waals surface area contributed by atoms with E-state index in [1.54, 1.807) is 0 Å². The van der Waals surface area contributed by atoms with Crippen molar-refractivity contribution in [2.75, 3.05) is 20.3 Å². The lowest BCUT2D eigenvalue weighted by Crippen LogP contribution is -2.38. The molecule has 0 radical (unpaired) electrons. The second kappa shape index (κ2) is 7.46. The molecule has 21 heavy (non-hydrogen) atoms. The second-order valence-corrected chi connectivity index (χ2v) is 6.64. The predicted molar refractivity (Wildman–Crippen MR) is 72.5 cm³/mol. The monoisotopic (exact) mass is 321 g/mol. The van der Waals surface area contributed by atoms with Crippen molar-refractivity contribution in [1.29, 1.82) is 0 Å². The van der Waals surface area contributed by atoms with Crippen molar-refractivity contribution in [3.63, 3.8) is 0 Å². The summed E-state index contributed by atoms with van der Waals surface area (Å²) in [6.07, 6.45) is 0.517. The van der Waals surface area contributed by atoms with Crippen LogP contribution in [-0.2, 0) is 19.4 Å². The van der Waals surface area contributed by atoms with Gasteiger partial charge in [0.2, 0.25) is 5.91 Å². The van der Waals surface area contributed by atoms with Crippen molar-refractivity contribution in [3.8, 4) is 0 Å². The van der Waals surface area contributed by atoms with E-state index in [0.717, 1.165) is 13.0 Å². The van der Waals surface area contributed by atoms with Gasteiger partial charge in [0.05, 0.1) is 0 Å². The minimum Gasteiger partial charge on any atom is -0.385 e. The number of halogens is 2. The molecule has 118 valence electrons. The Bertz CT molecular complexity index is 604. The summed E-state index contributed by atoms with van der Waals surface area (Å²) in [6, 6.07) is 2.09. The lowest BCUT2D eigenvalue weighted by molar-refractivity contribution is -0.120. The molecule has 1 aromatic rings. The molecule has 1 amide bonds. The normalized spacial score (nSPS) is 13.0. The van der Waals surface area contributed by atoms with Crippen LogP contribution in [0.5, 0.6) is 0 Å². The number of methoxy groups -OCH3 is 1. The maximum atomic E-state index is 13.5. The van der Waals surface area contributed by atoms with Crippen molar-refractivity contribution in [2.45, 2.75) is 23.5 Å². The lowest BCUT2D eigenvalue weighted by atomic mass is 10.3. The largest absolute Gasteiger partial charge is 0.385 e. The molecule has 0 aliphatic heterocycles. The zero-order valence-corrected chi connectivity index (χ0v) is 12.5. The standard InChI is InChI=1S/C13H17F2NO4S/c1-9(13(17)16-6-3-7-20-2)21(18,19)12-8-10(14)4-5-11(12)15/h4-5,8-9H,3,6-7H2,1-2H3,(H,16,17)/t9-/m1/s1. The zero-order valence-electron chi connectivity index (χ0n) is 11.7. The number of hydrogen-bond acceptors (Lipinski definition) is 4. The summed E-state index contributed by atoms with van der Waals surface area (Å²) < 4.78 is 55.7. The maximum absolute atomic E-state index is 13.5. The number of sulfone groups is 1. The van der Waals surface area contributed by atoms with Gasteiger partial charge in [-0.05, 0) is 31.5 Å². The number of ether oxygens (including phenoxy) is 1. The fourth-order valence-corrected chi connectivity index (χ4v) is 2.96. The van der Waals surface area contributed by atoms with Gasteiger partial charge in [0.1, 0.15) is 21.8 Å². The van der Waals surface area contributed by atoms with Crippen molar-refractivity contribution in [2.24, 2.45) is 0 Å². The van der Waals surface area contributed by atoms with Gasteiger partial charge in [-0.25, -0.2) is 17.2 Å². The zero-order chi connectivity index (χ0) is 16.0. The first-order chi connectivity index (χ1) is 9.80. The summed E-state index contributed by atoms with van der Waals surface area (Å²) in [6.45, 7) is 1.78. The Labute approximate surface area is 122 Å². The summed E-state index contributed by atoms with van der Waals surface area (Å²) >= 11 is 0. The second-order valence-electron chi connectivity index (χ2n) is 4.40. The fraction of sp³-hybridized carbons (Fsp3) is 0.462. The molecule has 0 fully saturated rings. The highest BCUT2D eigenvalue weighted by atomic mass is 32.2. The molecule has 1 rings (SSSR count). The first-order valence-electron chi connectivity index (χ1n) is 6.26. The molecular formula is C13H17F2NO4S. The van der Waals surface area contributed by atoms with Crippen LogP contribution in [0.1, 0.15) is 13.3 Å². The first kappa shape index (κ1) is 17.5. The van der Waals surface area contributed by atoms with Gasteiger partial charge in [-0.15, -0.1) is 0 Å². The molecule has 5 nitrogen and oxygen atoms in total. The summed E-state index contributed by atoms with van der Waals surface area (Å²) in [4.78, 5) is 11.0. The number of benzene rings is 1. The highest BCUT2D eigenvalue weighted by molar-refractivity contribution is 7.92. The number of amides is 1. The van der Waals surface area contributed by atoms with Crippen LogP contribution in [0.4, 0.5) is 8.78 Å². The molecule has 0 unspecified atom stereocenters. The summed E-state index contributed by atoms with van der Waals surface area (Å²) in [5.41, 5.74) is 0. The first-order valence-corrected chi connectivity index (χ1v) is 7.81. The molecule has 0 heterocycles. The molecule has 0 saturated carbocycles. The van der Waals surface area contributed by atoms with Gasteiger partial charge in [0.25, 0.3) is 0 Å². The molecule has 8 heteroatoms. The number of rotatable bonds is 7. The van der Waals surface area contributed by atoms with E-state index in [0.29, 0.717) is 25.2 Å². The van der Waals surface area contributed by atoms with Crippen LogP contribution in [0.2, 0.25) is 0 Å². The van der Waals surface area contributed by atoms with Crippen LogP contribution in [0.3, 0.4) is 0 Å². The van der Waals surface area contributed by atoms with Gasteiger partial charge < -0.3 is 10.1 Å². The average Bonchev–Trinajstić information content (AvgIpc) is 2.45. The quantitative estimate of drug-likeness (QED) is 0.768. The van der Waals surface area contributed by atoms with Crippen LogP contribution in [0, 0.1) is 11.6 Å². The van der Waals surface area contributed by atoms with Gasteiger partial charge in [0.15, 0.2) is 9.84 Å². The Morgan fingerprint density at radius 2 is 2.05 bits per heavy atom. The van der Waals surface area contributed by atoms with Crippen molar-refractivity contribution in [1.82, 2.24) is 5.32 Å². The molecule has 1 N–H and O–H groups in total. The Kier molecular flexibility index (Phi) is 6.22. The SMILES string of the molecule is COCCCNC(=O)[C@@H](C)S(=O)(=O)c1cc(F)ccc1F. The highest BCUT2D eigenvalue weighted by Crippen LogP contribution is 2.20. The van der Waals surface area contributed by atoms with E-state index < -0.39 is 37.5 Å². The number of nitrogens with one attached hydrogen (secondary N) is 1. The van der Waals surface area contributed by atoms with E-state index >= 15 is 0 Å². The van der Waals surface area contributed by atoms with E-state index in [-0.39, 0.29) is 6.54 Å². The number of carbonyl (C=O) groups is 1. The summed E-state index contributed by atoms with van der Waals surface area (Å²) in [7, 11) is -2.79. The predicted octanol–water partition coefficient (Wildman–Crippen LogP) is 1.28. The van der Waals surface area contributed by atoms with Gasteiger partial charge >= 0.3 is 0 Å². The Morgan fingerprint density at radius 3 is 2.67 bits per heavy atom. The summed E-state index contributed by atoms with van der Waals surface area (Å²) in [5, 5.41) is 0.896. The average molecular weight is 321 g/mol. The van der Waals surface area contributed by atoms with Gasteiger partial charge in [-0.1, -0.05) is 0 Å². The third-order valence-electron chi connectivity index (χ3n) is 2.86. The van der Waals surface area contributed by atoms with Crippen molar-refractivity contribution in [3.05, 3.63) is 29.8 Å². The van der Waals surface area contributed by atoms with E-state index in [1.807, 2.05) is 0 Å². The van der Waals surface area contributed by atoms with Crippen molar-refractivity contribution < 1.29 is 26.7 Å². The molecule has 0 aliphatic rings. The smallest absolute Gasteiger partial charge is 0.238 e. The number of hydrogen-bond donors (Lipinski definition) is 1. The molecule has 0 saturated heterocycles. The summed E-state index contributed by atoms with van der Waals surface area (Å²) in [5.74, 6) is -2.74. The molecule has 1 atom stereocenters. The molecule has 0 bridgehead atoms. The third-order valence-corrected chi connectivity index (χ3v) is 4.93. The molecular weight excluding hydrogens is 304 g/mol. The lowest BCUT2D eigenvalue weighted by Gasteiger charge is -2.14. The van der Waals surface area contributed by atoms with Crippen LogP contribution in [0.25, 0.3) is 0 Å². The Hall–Kier alpha value is -1.54. The van der Waals surface area contributed by atoms with E-state index in [4.69, 9.17) is 4.74 Å². The highest BCUT2D eigenvalue weighted by Gasteiger charge is 2.32. The van der Waals surface area contributed by atoms with Gasteiger partial charge in [0, 0.05) is 20.3 Å². The van der Waals surface area contributed by atoms with Crippen LogP contribution in [0.15, 0.2) is 23.1 Å². The Morgan fingerprint density at radius 1 is 1.38 bits per heavy atom. The van der Waals surface area contributed by atoms with Gasteiger partial charge in [-0.3, -0.25) is 4.79 Å². The van der Waals surface area contributed by atoms with Gasteiger partial charge in [-0.2, -0.15) is 0 Å². The van der Waals surface area contributed by atoms with E-state index in [1.165, 1.54) is 7.11 Å². The number of carbonyl (C=O) groups excluding carboxylic acids is 1. The van der Waals surface area contributed by atoms with Crippen molar-refractivity contribution >= 4 is 15.7 Å². The molecule has 1 aromatic carbocycles. The topological polar surface area (TPSA) is 72.5 Å². The van der Waals surface area contributed by atoms with E-state index in [2.05, 4.69) is 5.32 Å². The molecule has 0 aromatic heterocycles. The molecule has 0 aliphatic carbocycles. The Balaban J connectivity index is 2.86. The van der Waals surface area contributed by atoms with E-state index in [9.17, 15) is 22.0 Å². The molecule has 0 spiro atoms. The fourth-order valence-electron chi connectivity index (χ4n) is 1.60. The van der Waals surface area contributed by atoms with Crippen LogP contribution < -0.4 is 5.32 Å². The maximum Gasteiger partial charge on any atom is 0.238 e.